The lowest BCUT2D eigenvalue weighted by molar-refractivity contribution is 0.0666. The zero-order valence-electron chi connectivity index (χ0n) is 12.9. The molecule has 0 bridgehead atoms. The summed E-state index contributed by atoms with van der Waals surface area (Å²) in [5.74, 6) is 0.770. The van der Waals surface area contributed by atoms with E-state index in [9.17, 15) is 4.79 Å². The average molecular weight is 330 g/mol. The highest BCUT2D eigenvalue weighted by atomic mass is 32.2. The molecule has 1 saturated heterocycles. The number of H-pyrrole nitrogens is 1. The Balaban J connectivity index is 1.82. The summed E-state index contributed by atoms with van der Waals surface area (Å²) in [6.07, 6.45) is 5.37. The second-order valence-electron chi connectivity index (χ2n) is 5.81. The molecular weight excluding hydrogens is 312 g/mol. The molecule has 0 aromatic carbocycles. The number of hydrogen-bond acceptors (Lipinski definition) is 5. The summed E-state index contributed by atoms with van der Waals surface area (Å²) in [5.41, 5.74) is 1.72. The monoisotopic (exact) mass is 330 g/mol. The van der Waals surface area contributed by atoms with Crippen molar-refractivity contribution < 1.29 is 4.74 Å². The lowest BCUT2D eigenvalue weighted by Crippen LogP contribution is -2.21. The Morgan fingerprint density at radius 3 is 2.96 bits per heavy atom. The first kappa shape index (κ1) is 14.7. The molecule has 1 N–H and O–H groups in total. The highest BCUT2D eigenvalue weighted by molar-refractivity contribution is 8.14. The molecule has 2 aliphatic rings. The van der Waals surface area contributed by atoms with Crippen LogP contribution in [0.4, 0.5) is 5.82 Å². The van der Waals surface area contributed by atoms with E-state index in [1.165, 1.54) is 0 Å². The van der Waals surface area contributed by atoms with Gasteiger partial charge in [0.1, 0.15) is 0 Å². The Kier molecular flexibility index (Phi) is 3.82. The van der Waals surface area contributed by atoms with Gasteiger partial charge in [-0.15, -0.1) is 0 Å². The van der Waals surface area contributed by atoms with Gasteiger partial charge < -0.3 is 4.74 Å². The molecule has 0 spiro atoms. The topological polar surface area (TPSA) is 72.3 Å². The predicted molar refractivity (Wildman–Crippen MR) is 90.6 cm³/mol. The molecule has 7 heteroatoms. The normalized spacial score (nSPS) is 21.8. The van der Waals surface area contributed by atoms with Crippen LogP contribution in [0.2, 0.25) is 0 Å². The third kappa shape index (κ3) is 2.64. The number of nitrogens with zero attached hydrogens (tertiary/aromatic N) is 3. The molecule has 120 valence electrons. The number of aromatic amines is 1. The van der Waals surface area contributed by atoms with Crippen LogP contribution in [-0.2, 0) is 4.74 Å². The van der Waals surface area contributed by atoms with Gasteiger partial charge in [0.2, 0.25) is 0 Å². The molecule has 0 saturated carbocycles. The van der Waals surface area contributed by atoms with Gasteiger partial charge in [-0.05, 0) is 31.4 Å². The fourth-order valence-electron chi connectivity index (χ4n) is 3.18. The summed E-state index contributed by atoms with van der Waals surface area (Å²) in [6, 6.07) is 4.16. The van der Waals surface area contributed by atoms with E-state index in [0.29, 0.717) is 0 Å². The van der Waals surface area contributed by atoms with Gasteiger partial charge >= 0.3 is 0 Å². The van der Waals surface area contributed by atoms with Crippen molar-refractivity contribution in [2.45, 2.75) is 31.1 Å². The maximum Gasteiger partial charge on any atom is 0.271 e. The van der Waals surface area contributed by atoms with Crippen LogP contribution in [0.1, 0.15) is 42.2 Å². The second-order valence-corrected chi connectivity index (χ2v) is 7.10. The van der Waals surface area contributed by atoms with E-state index in [4.69, 9.17) is 4.74 Å². The van der Waals surface area contributed by atoms with E-state index < -0.39 is 0 Å². The lowest BCUT2D eigenvalue weighted by atomic mass is 10.1. The zero-order chi connectivity index (χ0) is 15.8. The number of thioether (sulfide) groups is 1. The van der Waals surface area contributed by atoms with Crippen molar-refractivity contribution in [1.82, 2.24) is 14.8 Å². The number of fused-ring (bicyclic) bond motifs is 1. The van der Waals surface area contributed by atoms with E-state index >= 15 is 0 Å². The van der Waals surface area contributed by atoms with Gasteiger partial charge in [-0.25, -0.2) is 4.99 Å². The predicted octanol–water partition coefficient (Wildman–Crippen LogP) is 2.81. The first-order chi connectivity index (χ1) is 11.2. The van der Waals surface area contributed by atoms with Gasteiger partial charge in [-0.2, -0.15) is 0 Å². The highest BCUT2D eigenvalue weighted by Crippen LogP contribution is 2.44. The van der Waals surface area contributed by atoms with E-state index in [0.717, 1.165) is 48.0 Å². The first-order valence-electron chi connectivity index (χ1n) is 7.78. The van der Waals surface area contributed by atoms with Crippen LogP contribution in [-0.4, -0.2) is 33.0 Å². The number of aromatic nitrogens is 3. The molecule has 23 heavy (non-hydrogen) atoms. The van der Waals surface area contributed by atoms with Crippen LogP contribution in [0.25, 0.3) is 0 Å². The van der Waals surface area contributed by atoms with Gasteiger partial charge in [0.05, 0.1) is 21.9 Å². The quantitative estimate of drug-likeness (QED) is 0.919. The van der Waals surface area contributed by atoms with Crippen LogP contribution in [0.5, 0.6) is 0 Å². The third-order valence-corrected chi connectivity index (χ3v) is 5.47. The van der Waals surface area contributed by atoms with Crippen molar-refractivity contribution in [3.8, 4) is 0 Å². The number of ether oxygens (including phenoxy) is 1. The number of pyridine rings is 1. The van der Waals surface area contributed by atoms with E-state index in [2.05, 4.69) is 15.1 Å². The van der Waals surface area contributed by atoms with Crippen LogP contribution in [0, 0.1) is 0 Å². The van der Waals surface area contributed by atoms with E-state index in [1.807, 2.05) is 29.9 Å². The van der Waals surface area contributed by atoms with Crippen molar-refractivity contribution in [2.75, 3.05) is 13.2 Å². The Hall–Kier alpha value is -1.86. The zero-order valence-corrected chi connectivity index (χ0v) is 13.7. The minimum Gasteiger partial charge on any atom is -0.381 e. The number of hydrogen-bond donors (Lipinski definition) is 1. The van der Waals surface area contributed by atoms with Gasteiger partial charge in [-0.1, -0.05) is 17.8 Å². The molecule has 4 rings (SSSR count). The van der Waals surface area contributed by atoms with Crippen LogP contribution >= 0.6 is 11.8 Å². The summed E-state index contributed by atoms with van der Waals surface area (Å²) >= 11 is 1.61. The molecule has 0 aliphatic carbocycles. The summed E-state index contributed by atoms with van der Waals surface area (Å²) < 4.78 is 7.38. The van der Waals surface area contributed by atoms with Crippen molar-refractivity contribution >= 4 is 22.6 Å². The van der Waals surface area contributed by atoms with Crippen molar-refractivity contribution in [3.05, 3.63) is 46.0 Å². The van der Waals surface area contributed by atoms with Gasteiger partial charge in [0.25, 0.3) is 5.56 Å². The van der Waals surface area contributed by atoms with Gasteiger partial charge in [0.15, 0.2) is 5.82 Å². The Morgan fingerprint density at radius 1 is 1.39 bits per heavy atom. The fourth-order valence-corrected chi connectivity index (χ4v) is 4.27. The number of nitrogens with one attached hydrogen (secondary N) is 1. The number of rotatable bonds is 2. The van der Waals surface area contributed by atoms with Crippen molar-refractivity contribution in [3.63, 3.8) is 0 Å². The molecule has 0 amide bonds. The summed E-state index contributed by atoms with van der Waals surface area (Å²) in [7, 11) is 0. The Bertz CT molecular complexity index is 790. The number of aliphatic imine (C=N–C) groups is 1. The van der Waals surface area contributed by atoms with Gasteiger partial charge in [0, 0.05) is 25.6 Å². The van der Waals surface area contributed by atoms with Crippen LogP contribution in [0.3, 0.4) is 0 Å². The summed E-state index contributed by atoms with van der Waals surface area (Å²) in [6.45, 7) is 3.44. The lowest BCUT2D eigenvalue weighted by Gasteiger charge is -2.26. The smallest absolute Gasteiger partial charge is 0.271 e. The molecule has 2 aliphatic heterocycles. The molecule has 4 heterocycles. The molecule has 0 unspecified atom stereocenters. The van der Waals surface area contributed by atoms with Gasteiger partial charge in [-0.3, -0.25) is 19.6 Å². The molecule has 1 fully saturated rings. The molecular formula is C16H18N4O2S. The standard InChI is InChI=1S/C16H18N4O2S/c1-10-18-15-13(14(23-10)11-3-2-6-17-9-11)16(21)19-20(15)12-4-7-22-8-5-12/h2-3,6,9,12,14H,4-5,7-8H2,1H3,(H,19,21)/t14-/m1/s1. The summed E-state index contributed by atoms with van der Waals surface area (Å²) in [4.78, 5) is 21.5. The van der Waals surface area contributed by atoms with Crippen molar-refractivity contribution in [1.29, 1.82) is 0 Å². The second kappa shape index (κ2) is 5.98. The third-order valence-electron chi connectivity index (χ3n) is 4.29. The first-order valence-corrected chi connectivity index (χ1v) is 8.66. The highest BCUT2D eigenvalue weighted by Gasteiger charge is 2.32. The molecule has 0 radical (unpaired) electrons. The summed E-state index contributed by atoms with van der Waals surface area (Å²) in [5, 5.41) is 3.92. The maximum atomic E-state index is 12.6. The fraction of sp³-hybridized carbons (Fsp3) is 0.438. The molecule has 6 nitrogen and oxygen atoms in total. The Labute approximate surface area is 138 Å². The average Bonchev–Trinajstić information content (AvgIpc) is 2.92. The van der Waals surface area contributed by atoms with E-state index in [1.54, 1.807) is 18.0 Å². The molecule has 1 atom stereocenters. The molecule has 2 aromatic heterocycles. The SMILES string of the molecule is CC1=Nc2c(c(=O)[nH]n2C2CCOCC2)[C@@H](c2cccnc2)S1. The van der Waals surface area contributed by atoms with Crippen molar-refractivity contribution in [2.24, 2.45) is 4.99 Å². The minimum absolute atomic E-state index is 0.0518. The largest absolute Gasteiger partial charge is 0.381 e. The minimum atomic E-state index is -0.0546. The maximum absolute atomic E-state index is 12.6. The van der Waals surface area contributed by atoms with Crippen LogP contribution in [0.15, 0.2) is 34.3 Å². The van der Waals surface area contributed by atoms with E-state index in [-0.39, 0.29) is 16.9 Å². The van der Waals surface area contributed by atoms with Crippen LogP contribution < -0.4 is 5.56 Å². The Morgan fingerprint density at radius 2 is 2.22 bits per heavy atom. The molecule has 2 aromatic rings.